The molecule has 0 N–H and O–H groups in total. The molecule has 25 heavy (non-hydrogen) atoms. The molecule has 2 atom stereocenters. The van der Waals surface area contributed by atoms with Crippen LogP contribution in [0.25, 0.3) is 0 Å². The fourth-order valence-electron chi connectivity index (χ4n) is 2.78. The lowest BCUT2D eigenvalue weighted by molar-refractivity contribution is 0.0225. The lowest BCUT2D eigenvalue weighted by Gasteiger charge is -2.40. The van der Waals surface area contributed by atoms with Crippen LogP contribution >= 0.6 is 23.5 Å². The Kier molecular flexibility index (Phi) is 5.92. The average Bonchev–Trinajstić information content (AvgIpc) is 2.99. The highest BCUT2D eigenvalue weighted by molar-refractivity contribution is 8.18. The molecule has 0 saturated carbocycles. The van der Waals surface area contributed by atoms with Crippen LogP contribution in [0.5, 0.6) is 0 Å². The van der Waals surface area contributed by atoms with Crippen LogP contribution in [-0.2, 0) is 4.74 Å². The van der Waals surface area contributed by atoms with Gasteiger partial charge >= 0.3 is 6.09 Å². The third kappa shape index (κ3) is 3.89. The van der Waals surface area contributed by atoms with Crippen molar-refractivity contribution in [3.05, 3.63) is 35.4 Å². The number of carbonyl (C=O) groups excluding carboxylic acids is 1. The summed E-state index contributed by atoms with van der Waals surface area (Å²) in [6.07, 6.45) is 1.45. The van der Waals surface area contributed by atoms with Crippen molar-refractivity contribution < 1.29 is 9.53 Å². The van der Waals surface area contributed by atoms with E-state index < -0.39 is 21.8 Å². The van der Waals surface area contributed by atoms with Crippen molar-refractivity contribution in [1.82, 2.24) is 4.90 Å². The zero-order chi connectivity index (χ0) is 18.7. The first-order chi connectivity index (χ1) is 11.8. The first-order valence-corrected chi connectivity index (χ1v) is 10.1. The van der Waals surface area contributed by atoms with E-state index in [0.717, 1.165) is 0 Å². The molecule has 1 aliphatic rings. The molecule has 7 heteroatoms. The van der Waals surface area contributed by atoms with Gasteiger partial charge in [-0.3, -0.25) is 4.90 Å². The molecule has 1 amide bonds. The van der Waals surface area contributed by atoms with Gasteiger partial charge in [-0.25, -0.2) is 4.79 Å². The predicted molar refractivity (Wildman–Crippen MR) is 101 cm³/mol. The van der Waals surface area contributed by atoms with Gasteiger partial charge in [0.2, 0.25) is 0 Å². The molecule has 2 rings (SSSR count). The molecule has 0 spiro atoms. The van der Waals surface area contributed by atoms with Crippen LogP contribution in [0.15, 0.2) is 24.3 Å². The molecule has 1 heterocycles. The molecule has 1 fully saturated rings. The van der Waals surface area contributed by atoms with E-state index in [1.807, 2.05) is 33.1 Å². The molecule has 0 aromatic heterocycles. The minimum absolute atomic E-state index is 0.429. The van der Waals surface area contributed by atoms with Crippen LogP contribution in [0.3, 0.4) is 0 Å². The van der Waals surface area contributed by atoms with Gasteiger partial charge < -0.3 is 4.74 Å². The summed E-state index contributed by atoms with van der Waals surface area (Å²) in [6.45, 7) is 5.97. The average molecular weight is 376 g/mol. The lowest BCUT2D eigenvalue weighted by atomic mass is 9.94. The van der Waals surface area contributed by atoms with E-state index in [1.54, 1.807) is 34.9 Å². The van der Waals surface area contributed by atoms with Crippen molar-refractivity contribution in [3.63, 3.8) is 0 Å². The van der Waals surface area contributed by atoms with E-state index in [4.69, 9.17) is 4.74 Å². The van der Waals surface area contributed by atoms with Gasteiger partial charge in [-0.05, 0) is 38.7 Å². The van der Waals surface area contributed by atoms with Crippen molar-refractivity contribution in [3.8, 4) is 12.1 Å². The third-order valence-electron chi connectivity index (χ3n) is 3.79. The number of hydrogen-bond acceptors (Lipinski definition) is 6. The van der Waals surface area contributed by atoms with Crippen LogP contribution in [-0.4, -0.2) is 39.4 Å². The van der Waals surface area contributed by atoms with Gasteiger partial charge in [0.05, 0.1) is 17.7 Å². The predicted octanol–water partition coefficient (Wildman–Crippen LogP) is 4.17. The van der Waals surface area contributed by atoms with Crippen molar-refractivity contribution in [2.45, 2.75) is 36.5 Å². The molecular weight excluding hydrogens is 354 g/mol. The van der Waals surface area contributed by atoms with Gasteiger partial charge in [-0.2, -0.15) is 10.5 Å². The summed E-state index contributed by atoms with van der Waals surface area (Å²) in [6, 6.07) is 11.6. The lowest BCUT2D eigenvalue weighted by Crippen LogP contribution is -2.49. The normalized spacial score (nSPS) is 21.3. The molecule has 2 unspecified atom stereocenters. The van der Waals surface area contributed by atoms with E-state index in [2.05, 4.69) is 12.1 Å². The number of thioether (sulfide) groups is 2. The maximum absolute atomic E-state index is 12.7. The Hall–Kier alpha value is -1.83. The quantitative estimate of drug-likeness (QED) is 0.789. The molecule has 1 saturated heterocycles. The number of ether oxygens (including phenoxy) is 1. The number of rotatable bonds is 3. The summed E-state index contributed by atoms with van der Waals surface area (Å²) in [5.74, 6) is 0.0749. The highest BCUT2D eigenvalue weighted by Crippen LogP contribution is 2.53. The van der Waals surface area contributed by atoms with Crippen LogP contribution in [0.4, 0.5) is 4.79 Å². The van der Waals surface area contributed by atoms with Crippen LogP contribution < -0.4 is 0 Å². The van der Waals surface area contributed by atoms with Gasteiger partial charge in [0.1, 0.15) is 11.5 Å². The maximum atomic E-state index is 12.7. The minimum atomic E-state index is -0.815. The van der Waals surface area contributed by atoms with E-state index in [0.29, 0.717) is 23.4 Å². The Morgan fingerprint density at radius 2 is 2.08 bits per heavy atom. The van der Waals surface area contributed by atoms with E-state index in [-0.39, 0.29) is 0 Å². The first kappa shape index (κ1) is 19.5. The highest BCUT2D eigenvalue weighted by Gasteiger charge is 2.52. The summed E-state index contributed by atoms with van der Waals surface area (Å²) < 4.78 is 4.74. The standard InChI is InChI=1S/C18H21N3O2S2/c1-17(2,3)23-16(22)21-9-10-25-18(21,24-4)15(12-20)14-8-6-5-7-13(14)11-19/h5-8,15H,9-10H2,1-4H3. The fraction of sp³-hybridized carbons (Fsp3) is 0.500. The summed E-state index contributed by atoms with van der Waals surface area (Å²) >= 11 is 3.00. The molecule has 0 aliphatic carbocycles. The van der Waals surface area contributed by atoms with Gasteiger partial charge in [-0.15, -0.1) is 23.5 Å². The van der Waals surface area contributed by atoms with E-state index >= 15 is 0 Å². The molecule has 0 radical (unpaired) electrons. The number of hydrogen-bond donors (Lipinski definition) is 0. The second-order valence-corrected chi connectivity index (χ2v) is 9.18. The molecule has 1 aliphatic heterocycles. The van der Waals surface area contributed by atoms with Crippen molar-refractivity contribution in [2.75, 3.05) is 18.6 Å². The number of amides is 1. The van der Waals surface area contributed by atoms with Crippen LogP contribution in [0.1, 0.15) is 37.8 Å². The second-order valence-electron chi connectivity index (χ2n) is 6.58. The van der Waals surface area contributed by atoms with Gasteiger partial charge in [0, 0.05) is 12.3 Å². The van der Waals surface area contributed by atoms with Crippen molar-refractivity contribution >= 4 is 29.6 Å². The number of carbonyl (C=O) groups is 1. The monoisotopic (exact) mass is 375 g/mol. The molecule has 1 aromatic carbocycles. The molecule has 132 valence electrons. The molecular formula is C18H21N3O2S2. The Morgan fingerprint density at radius 1 is 1.40 bits per heavy atom. The summed E-state index contributed by atoms with van der Waals surface area (Å²) in [4.78, 5) is 14.4. The van der Waals surface area contributed by atoms with Gasteiger partial charge in [0.15, 0.2) is 4.20 Å². The summed E-state index contributed by atoms with van der Waals surface area (Å²) in [5, 5.41) is 19.3. The smallest absolute Gasteiger partial charge is 0.412 e. The largest absolute Gasteiger partial charge is 0.444 e. The van der Waals surface area contributed by atoms with Crippen LogP contribution in [0.2, 0.25) is 0 Å². The Balaban J connectivity index is 2.48. The van der Waals surface area contributed by atoms with Gasteiger partial charge in [0.25, 0.3) is 0 Å². The maximum Gasteiger partial charge on any atom is 0.412 e. The zero-order valence-electron chi connectivity index (χ0n) is 14.8. The summed E-state index contributed by atoms with van der Waals surface area (Å²) in [7, 11) is 0. The number of benzene rings is 1. The zero-order valence-corrected chi connectivity index (χ0v) is 16.4. The van der Waals surface area contributed by atoms with Crippen molar-refractivity contribution in [2.24, 2.45) is 0 Å². The SMILES string of the molecule is CSC1(C(C#N)c2ccccc2C#N)SCCN1C(=O)OC(C)(C)C. The number of nitriles is 2. The second kappa shape index (κ2) is 7.59. The highest BCUT2D eigenvalue weighted by atomic mass is 32.2. The topological polar surface area (TPSA) is 77.1 Å². The Bertz CT molecular complexity index is 733. The fourth-order valence-corrected chi connectivity index (χ4v) is 5.53. The third-order valence-corrected chi connectivity index (χ3v) is 6.94. The first-order valence-electron chi connectivity index (χ1n) is 7.87. The Labute approximate surface area is 157 Å². The molecule has 5 nitrogen and oxygen atoms in total. The Morgan fingerprint density at radius 3 is 2.64 bits per heavy atom. The van der Waals surface area contributed by atoms with E-state index in [1.165, 1.54) is 11.8 Å². The molecule has 1 aromatic rings. The van der Waals surface area contributed by atoms with Gasteiger partial charge in [-0.1, -0.05) is 18.2 Å². The van der Waals surface area contributed by atoms with Crippen LogP contribution in [0, 0.1) is 22.7 Å². The van der Waals surface area contributed by atoms with Crippen molar-refractivity contribution in [1.29, 1.82) is 10.5 Å². The summed E-state index contributed by atoms with van der Waals surface area (Å²) in [5.41, 5.74) is 0.491. The number of nitrogens with zero attached hydrogens (tertiary/aromatic N) is 3. The minimum Gasteiger partial charge on any atom is -0.444 e. The molecule has 0 bridgehead atoms. The van der Waals surface area contributed by atoms with E-state index in [9.17, 15) is 15.3 Å².